The van der Waals surface area contributed by atoms with E-state index in [9.17, 15) is 9.59 Å². The van der Waals surface area contributed by atoms with Gasteiger partial charge in [-0.3, -0.25) is 4.79 Å². The lowest BCUT2D eigenvalue weighted by Crippen LogP contribution is -2.24. The number of halogens is 1. The van der Waals surface area contributed by atoms with E-state index in [1.165, 1.54) is 7.11 Å². The van der Waals surface area contributed by atoms with E-state index in [-0.39, 0.29) is 12.3 Å². The van der Waals surface area contributed by atoms with Crippen molar-refractivity contribution in [1.82, 2.24) is 5.32 Å². The van der Waals surface area contributed by atoms with Crippen molar-refractivity contribution in [2.45, 2.75) is 13.0 Å². The van der Waals surface area contributed by atoms with E-state index in [1.807, 2.05) is 24.3 Å². The Morgan fingerprint density at radius 3 is 2.42 bits per heavy atom. The molecule has 0 aliphatic rings. The van der Waals surface area contributed by atoms with Crippen molar-refractivity contribution in [3.63, 3.8) is 0 Å². The number of carbonyl (C=O) groups excluding carboxylic acids is 2. The van der Waals surface area contributed by atoms with Gasteiger partial charge in [0, 0.05) is 11.0 Å². The fourth-order valence-electron chi connectivity index (χ4n) is 2.49. The Balaban J connectivity index is 2.04. The number of carbonyl (C=O) groups is 2. The molecular formula is C21H20BrNO3. The number of nitrogens with one attached hydrogen (secondary N) is 1. The molecule has 0 fully saturated rings. The highest BCUT2D eigenvalue weighted by Crippen LogP contribution is 2.20. The molecule has 26 heavy (non-hydrogen) atoms. The molecule has 134 valence electrons. The maximum Gasteiger partial charge on any atom is 0.338 e. The molecular weight excluding hydrogens is 394 g/mol. The second-order valence-corrected chi connectivity index (χ2v) is 6.49. The first-order valence-corrected chi connectivity index (χ1v) is 8.79. The second-order valence-electron chi connectivity index (χ2n) is 5.63. The molecule has 0 unspecified atom stereocenters. The van der Waals surface area contributed by atoms with Gasteiger partial charge in [-0.15, -0.1) is 0 Å². The molecule has 0 aromatic heterocycles. The van der Waals surface area contributed by atoms with E-state index in [2.05, 4.69) is 34.4 Å². The van der Waals surface area contributed by atoms with Gasteiger partial charge in [0.2, 0.25) is 5.91 Å². The first-order valence-electron chi connectivity index (χ1n) is 7.99. The maximum absolute atomic E-state index is 12.2. The zero-order valence-corrected chi connectivity index (χ0v) is 16.1. The van der Waals surface area contributed by atoms with Crippen LogP contribution in [0, 0.1) is 0 Å². The van der Waals surface area contributed by atoms with Gasteiger partial charge in [0.1, 0.15) is 0 Å². The molecule has 2 aromatic carbocycles. The SMILES string of the molecule is C=Cc1cc(CC(=O)NCc2ccc(C=C)c(C(=O)OC)c2)ccc1Br. The van der Waals surface area contributed by atoms with Gasteiger partial charge in [-0.05, 0) is 34.4 Å². The number of hydrogen-bond donors (Lipinski definition) is 1. The number of benzene rings is 2. The summed E-state index contributed by atoms with van der Waals surface area (Å²) < 4.78 is 5.72. The third kappa shape index (κ3) is 4.92. The van der Waals surface area contributed by atoms with Gasteiger partial charge in [0.15, 0.2) is 0 Å². The second kappa shape index (κ2) is 9.15. The van der Waals surface area contributed by atoms with Crippen LogP contribution in [-0.2, 0) is 22.5 Å². The molecule has 2 aromatic rings. The largest absolute Gasteiger partial charge is 0.465 e. The maximum atomic E-state index is 12.2. The van der Waals surface area contributed by atoms with Crippen molar-refractivity contribution in [2.75, 3.05) is 7.11 Å². The Morgan fingerprint density at radius 2 is 1.77 bits per heavy atom. The topological polar surface area (TPSA) is 55.4 Å². The highest BCUT2D eigenvalue weighted by Gasteiger charge is 2.11. The first-order chi connectivity index (χ1) is 12.5. The number of amides is 1. The molecule has 1 amide bonds. The summed E-state index contributed by atoms with van der Waals surface area (Å²) in [6, 6.07) is 11.1. The Bertz CT molecular complexity index is 858. The number of esters is 1. The number of methoxy groups -OCH3 is 1. The molecule has 0 atom stereocenters. The zero-order chi connectivity index (χ0) is 19.1. The summed E-state index contributed by atoms with van der Waals surface area (Å²) in [4.78, 5) is 24.1. The fourth-order valence-corrected chi connectivity index (χ4v) is 2.89. The molecule has 0 radical (unpaired) electrons. The van der Waals surface area contributed by atoms with Crippen LogP contribution in [0.2, 0.25) is 0 Å². The van der Waals surface area contributed by atoms with Gasteiger partial charge in [0.25, 0.3) is 0 Å². The van der Waals surface area contributed by atoms with Crippen LogP contribution < -0.4 is 5.32 Å². The van der Waals surface area contributed by atoms with Crippen molar-refractivity contribution in [1.29, 1.82) is 0 Å². The molecule has 0 aliphatic carbocycles. The van der Waals surface area contributed by atoms with E-state index in [4.69, 9.17) is 4.74 Å². The molecule has 1 N–H and O–H groups in total. The molecule has 0 saturated heterocycles. The standard InChI is InChI=1S/C21H20BrNO3/c1-4-16-8-6-15(11-18(16)21(25)26-3)13-23-20(24)12-14-7-9-19(22)17(5-2)10-14/h4-11H,1-2,12-13H2,3H3,(H,23,24). The van der Waals surface area contributed by atoms with Crippen molar-refractivity contribution in [3.8, 4) is 0 Å². The molecule has 0 aliphatic heterocycles. The summed E-state index contributed by atoms with van der Waals surface area (Å²) in [5.74, 6) is -0.533. The highest BCUT2D eigenvalue weighted by molar-refractivity contribution is 9.10. The van der Waals surface area contributed by atoms with E-state index in [1.54, 1.807) is 24.3 Å². The van der Waals surface area contributed by atoms with E-state index >= 15 is 0 Å². The minimum Gasteiger partial charge on any atom is -0.465 e. The monoisotopic (exact) mass is 413 g/mol. The van der Waals surface area contributed by atoms with Crippen LogP contribution in [0.3, 0.4) is 0 Å². The number of rotatable bonds is 7. The normalized spacial score (nSPS) is 10.1. The van der Waals surface area contributed by atoms with Gasteiger partial charge >= 0.3 is 5.97 Å². The molecule has 0 spiro atoms. The van der Waals surface area contributed by atoms with E-state index < -0.39 is 5.97 Å². The molecule has 2 rings (SSSR count). The third-order valence-electron chi connectivity index (χ3n) is 3.88. The van der Waals surface area contributed by atoms with Gasteiger partial charge < -0.3 is 10.1 Å². The average molecular weight is 414 g/mol. The molecule has 0 saturated carbocycles. The van der Waals surface area contributed by atoms with Gasteiger partial charge in [-0.25, -0.2) is 4.79 Å². The van der Waals surface area contributed by atoms with Gasteiger partial charge in [-0.1, -0.05) is 65.5 Å². The van der Waals surface area contributed by atoms with Crippen LogP contribution in [0.5, 0.6) is 0 Å². The van der Waals surface area contributed by atoms with Crippen LogP contribution in [0.4, 0.5) is 0 Å². The lowest BCUT2D eigenvalue weighted by atomic mass is 10.0. The molecule has 5 heteroatoms. The predicted molar refractivity (Wildman–Crippen MR) is 108 cm³/mol. The lowest BCUT2D eigenvalue weighted by Gasteiger charge is -2.10. The van der Waals surface area contributed by atoms with Gasteiger partial charge in [0.05, 0.1) is 19.1 Å². The zero-order valence-electron chi connectivity index (χ0n) is 14.5. The van der Waals surface area contributed by atoms with Crippen molar-refractivity contribution in [3.05, 3.63) is 81.8 Å². The highest BCUT2D eigenvalue weighted by atomic mass is 79.9. The van der Waals surface area contributed by atoms with E-state index in [0.29, 0.717) is 17.7 Å². The summed E-state index contributed by atoms with van der Waals surface area (Å²) in [5, 5.41) is 2.87. The Labute approximate surface area is 161 Å². The van der Waals surface area contributed by atoms with Crippen molar-refractivity contribution < 1.29 is 14.3 Å². The summed E-state index contributed by atoms with van der Waals surface area (Å²) >= 11 is 3.44. The van der Waals surface area contributed by atoms with Crippen LogP contribution in [-0.4, -0.2) is 19.0 Å². The molecule has 4 nitrogen and oxygen atoms in total. The first kappa shape index (κ1) is 19.7. The van der Waals surface area contributed by atoms with Crippen LogP contribution in [0.25, 0.3) is 12.2 Å². The molecule has 0 heterocycles. The minimum atomic E-state index is -0.431. The quantitative estimate of drug-likeness (QED) is 0.685. The van der Waals surface area contributed by atoms with Crippen LogP contribution >= 0.6 is 15.9 Å². The molecule has 0 bridgehead atoms. The Hall–Kier alpha value is -2.66. The lowest BCUT2D eigenvalue weighted by molar-refractivity contribution is -0.120. The van der Waals surface area contributed by atoms with Crippen LogP contribution in [0.15, 0.2) is 54.0 Å². The summed E-state index contributed by atoms with van der Waals surface area (Å²) in [6.45, 7) is 7.77. The number of hydrogen-bond acceptors (Lipinski definition) is 3. The Kier molecular flexibility index (Phi) is 6.92. The van der Waals surface area contributed by atoms with Crippen molar-refractivity contribution in [2.24, 2.45) is 0 Å². The summed E-state index contributed by atoms with van der Waals surface area (Å²) in [7, 11) is 1.33. The van der Waals surface area contributed by atoms with Crippen molar-refractivity contribution >= 4 is 40.0 Å². The number of ether oxygens (including phenoxy) is 1. The minimum absolute atomic E-state index is 0.102. The predicted octanol–water partition coefficient (Wildman–Crippen LogP) is 4.38. The summed E-state index contributed by atoms with van der Waals surface area (Å²) in [6.07, 6.45) is 3.60. The van der Waals surface area contributed by atoms with Crippen LogP contribution in [0.1, 0.15) is 32.6 Å². The third-order valence-corrected chi connectivity index (χ3v) is 4.60. The van der Waals surface area contributed by atoms with Gasteiger partial charge in [-0.2, -0.15) is 0 Å². The smallest absolute Gasteiger partial charge is 0.338 e. The summed E-state index contributed by atoms with van der Waals surface area (Å²) in [5.41, 5.74) is 3.78. The van der Waals surface area contributed by atoms with E-state index in [0.717, 1.165) is 21.2 Å². The average Bonchev–Trinajstić information content (AvgIpc) is 2.66. The Morgan fingerprint density at radius 1 is 1.08 bits per heavy atom. The fraction of sp³-hybridized carbons (Fsp3) is 0.143.